The molecule has 2 aromatic carbocycles. The Kier molecular flexibility index (Phi) is 8.00. The van der Waals surface area contributed by atoms with Crippen molar-refractivity contribution in [2.24, 2.45) is 0 Å². The van der Waals surface area contributed by atoms with Crippen LogP contribution in [-0.2, 0) is 10.3 Å². The van der Waals surface area contributed by atoms with Gasteiger partial charge in [0.05, 0.1) is 0 Å². The van der Waals surface area contributed by atoms with Crippen LogP contribution in [0.2, 0.25) is 5.02 Å². The van der Waals surface area contributed by atoms with E-state index in [1.165, 1.54) is 10.7 Å². The quantitative estimate of drug-likeness (QED) is 0.505. The number of likely N-dealkylation sites (tertiary alicyclic amines) is 1. The minimum atomic E-state index is -0.744. The molecule has 2 aromatic rings. The number of nitrogens with zero attached hydrogens (tertiary/aromatic N) is 3. The third kappa shape index (κ3) is 5.43. The van der Waals surface area contributed by atoms with Gasteiger partial charge in [0.2, 0.25) is 5.91 Å². The fraction of sp³-hybridized carbons (Fsp3) is 0.500. The van der Waals surface area contributed by atoms with Crippen molar-refractivity contribution >= 4 is 17.5 Å². The van der Waals surface area contributed by atoms with Gasteiger partial charge in [-0.05, 0) is 81.0 Å². The first kappa shape index (κ1) is 27.0. The van der Waals surface area contributed by atoms with Gasteiger partial charge in [0.1, 0.15) is 17.4 Å². The molecule has 3 aliphatic heterocycles. The van der Waals surface area contributed by atoms with E-state index in [-0.39, 0.29) is 12.0 Å². The van der Waals surface area contributed by atoms with Crippen LogP contribution < -0.4 is 10.2 Å². The standard InChI is InChI=1S/C30H39ClN4O3/c1-21-5-8-25(9-6-21)38-26-11-16-33(17-12-26)15-4-14-30(24-7-10-28(31)22(2)19-24)27-20-34(23(3)36)18-13-29(27)32-35(30)37/h5-10,19,26,32,37H,4,11-18,20H2,1-3H3. The Labute approximate surface area is 230 Å². The molecule has 1 saturated heterocycles. The summed E-state index contributed by atoms with van der Waals surface area (Å²) in [7, 11) is 0. The number of hydrogen-bond acceptors (Lipinski definition) is 6. The van der Waals surface area contributed by atoms with E-state index in [0.717, 1.165) is 73.5 Å². The molecule has 1 unspecified atom stereocenters. The van der Waals surface area contributed by atoms with E-state index in [0.29, 0.717) is 24.5 Å². The Morgan fingerprint density at radius 1 is 1.13 bits per heavy atom. The Morgan fingerprint density at radius 2 is 1.87 bits per heavy atom. The van der Waals surface area contributed by atoms with Crippen LogP contribution in [0.15, 0.2) is 53.7 Å². The zero-order chi connectivity index (χ0) is 26.9. The molecule has 7 nitrogen and oxygen atoms in total. The molecule has 38 heavy (non-hydrogen) atoms. The number of benzene rings is 2. The highest BCUT2D eigenvalue weighted by Gasteiger charge is 2.50. The third-order valence-electron chi connectivity index (χ3n) is 8.40. The zero-order valence-corrected chi connectivity index (χ0v) is 23.4. The number of carbonyl (C=O) groups excluding carboxylic acids is 1. The number of hydrazine groups is 1. The Hall–Kier alpha value is -2.58. The minimum Gasteiger partial charge on any atom is -0.490 e. The van der Waals surface area contributed by atoms with Crippen LogP contribution in [0.1, 0.15) is 55.7 Å². The Bertz CT molecular complexity index is 1190. The number of aryl methyl sites for hydroxylation is 2. The molecule has 204 valence electrons. The summed E-state index contributed by atoms with van der Waals surface area (Å²) >= 11 is 6.37. The van der Waals surface area contributed by atoms with Crippen molar-refractivity contribution in [3.8, 4) is 5.75 Å². The first-order chi connectivity index (χ1) is 18.3. The summed E-state index contributed by atoms with van der Waals surface area (Å²) in [5.74, 6) is 1.01. The van der Waals surface area contributed by atoms with Crippen molar-refractivity contribution in [1.82, 2.24) is 20.4 Å². The Balaban J connectivity index is 1.27. The molecule has 1 atom stereocenters. The lowest BCUT2D eigenvalue weighted by Gasteiger charge is -2.40. The van der Waals surface area contributed by atoms with Crippen molar-refractivity contribution in [2.45, 2.75) is 64.5 Å². The maximum absolute atomic E-state index is 12.3. The molecule has 2 N–H and O–H groups in total. The van der Waals surface area contributed by atoms with Crippen LogP contribution in [-0.4, -0.2) is 64.9 Å². The van der Waals surface area contributed by atoms with E-state index in [9.17, 15) is 10.0 Å². The van der Waals surface area contributed by atoms with E-state index in [2.05, 4.69) is 47.6 Å². The maximum atomic E-state index is 12.3. The number of hydroxylamine groups is 1. The lowest BCUT2D eigenvalue weighted by molar-refractivity contribution is -0.188. The highest BCUT2D eigenvalue weighted by molar-refractivity contribution is 6.31. The lowest BCUT2D eigenvalue weighted by atomic mass is 9.77. The van der Waals surface area contributed by atoms with Crippen LogP contribution >= 0.6 is 11.6 Å². The first-order valence-electron chi connectivity index (χ1n) is 13.7. The summed E-state index contributed by atoms with van der Waals surface area (Å²) in [6.45, 7) is 9.80. The first-order valence-corrected chi connectivity index (χ1v) is 14.1. The van der Waals surface area contributed by atoms with E-state index >= 15 is 0 Å². The molecule has 1 fully saturated rings. The van der Waals surface area contributed by atoms with Crippen molar-refractivity contribution in [3.63, 3.8) is 0 Å². The smallest absolute Gasteiger partial charge is 0.219 e. The second-order valence-corrected chi connectivity index (χ2v) is 11.4. The highest BCUT2D eigenvalue weighted by Crippen LogP contribution is 2.46. The molecule has 0 bridgehead atoms. The second-order valence-electron chi connectivity index (χ2n) is 11.0. The van der Waals surface area contributed by atoms with Crippen LogP contribution in [0.3, 0.4) is 0 Å². The molecule has 0 radical (unpaired) electrons. The van der Waals surface area contributed by atoms with Gasteiger partial charge in [-0.3, -0.25) is 15.4 Å². The van der Waals surface area contributed by atoms with Gasteiger partial charge in [-0.2, -0.15) is 0 Å². The molecule has 0 aliphatic carbocycles. The zero-order valence-electron chi connectivity index (χ0n) is 22.7. The lowest BCUT2D eigenvalue weighted by Crippen LogP contribution is -2.48. The summed E-state index contributed by atoms with van der Waals surface area (Å²) in [5, 5.41) is 13.3. The van der Waals surface area contributed by atoms with Crippen LogP contribution in [0, 0.1) is 13.8 Å². The third-order valence-corrected chi connectivity index (χ3v) is 8.82. The number of hydrogen-bond donors (Lipinski definition) is 2. The number of amides is 1. The molecule has 5 rings (SSSR count). The number of halogens is 1. The SMILES string of the molecule is CC(=O)N1CCC2=C(C1)C(CCCN1CCC(Oc3ccc(C)cc3)CC1)(c1ccc(Cl)c(C)c1)N(O)N2. The number of ether oxygens (including phenoxy) is 1. The van der Waals surface area contributed by atoms with Crippen molar-refractivity contribution < 1.29 is 14.7 Å². The summed E-state index contributed by atoms with van der Waals surface area (Å²) in [5.41, 5.74) is 7.79. The average molecular weight is 539 g/mol. The molecule has 3 aliphatic rings. The van der Waals surface area contributed by atoms with E-state index in [1.54, 1.807) is 6.92 Å². The predicted octanol–water partition coefficient (Wildman–Crippen LogP) is 5.19. The summed E-state index contributed by atoms with van der Waals surface area (Å²) < 4.78 is 6.22. The number of rotatable bonds is 7. The van der Waals surface area contributed by atoms with Gasteiger partial charge in [0.25, 0.3) is 0 Å². The summed E-state index contributed by atoms with van der Waals surface area (Å²) in [6.07, 6.45) is 4.59. The maximum Gasteiger partial charge on any atom is 0.219 e. The normalized spacial score (nSPS) is 22.9. The van der Waals surface area contributed by atoms with E-state index in [1.807, 2.05) is 24.0 Å². The van der Waals surface area contributed by atoms with Crippen molar-refractivity contribution in [2.75, 3.05) is 32.7 Å². The molecule has 8 heteroatoms. The number of carbonyl (C=O) groups is 1. The average Bonchev–Trinajstić information content (AvgIpc) is 3.19. The van der Waals surface area contributed by atoms with Gasteiger partial charge < -0.3 is 14.5 Å². The fourth-order valence-electron chi connectivity index (χ4n) is 6.10. The largest absolute Gasteiger partial charge is 0.490 e. The predicted molar refractivity (Wildman–Crippen MR) is 149 cm³/mol. The topological polar surface area (TPSA) is 68.3 Å². The number of piperidine rings is 1. The molecule has 0 spiro atoms. The highest BCUT2D eigenvalue weighted by atomic mass is 35.5. The molecule has 0 saturated carbocycles. The summed E-state index contributed by atoms with van der Waals surface area (Å²) in [6, 6.07) is 14.3. The van der Waals surface area contributed by atoms with Gasteiger partial charge >= 0.3 is 0 Å². The fourth-order valence-corrected chi connectivity index (χ4v) is 6.22. The summed E-state index contributed by atoms with van der Waals surface area (Å²) in [4.78, 5) is 16.6. The minimum absolute atomic E-state index is 0.0600. The van der Waals surface area contributed by atoms with Gasteiger partial charge in [-0.1, -0.05) is 46.6 Å². The second kappa shape index (κ2) is 11.3. The van der Waals surface area contributed by atoms with Crippen LogP contribution in [0.25, 0.3) is 0 Å². The Morgan fingerprint density at radius 3 is 2.55 bits per heavy atom. The van der Waals surface area contributed by atoms with Crippen molar-refractivity contribution in [1.29, 1.82) is 0 Å². The molecular weight excluding hydrogens is 500 g/mol. The van der Waals surface area contributed by atoms with Gasteiger partial charge in [0.15, 0.2) is 0 Å². The molecule has 0 aromatic heterocycles. The van der Waals surface area contributed by atoms with Gasteiger partial charge in [-0.15, -0.1) is 0 Å². The van der Waals surface area contributed by atoms with Gasteiger partial charge in [-0.25, -0.2) is 0 Å². The van der Waals surface area contributed by atoms with E-state index in [4.69, 9.17) is 16.3 Å². The van der Waals surface area contributed by atoms with Crippen LogP contribution in [0.5, 0.6) is 5.75 Å². The van der Waals surface area contributed by atoms with Crippen molar-refractivity contribution in [3.05, 3.63) is 75.4 Å². The molecule has 3 heterocycles. The van der Waals surface area contributed by atoms with E-state index < -0.39 is 5.54 Å². The van der Waals surface area contributed by atoms with Crippen LogP contribution in [0.4, 0.5) is 0 Å². The van der Waals surface area contributed by atoms with Gasteiger partial charge in [0, 0.05) is 50.2 Å². The molecule has 1 amide bonds. The monoisotopic (exact) mass is 538 g/mol. The number of nitrogens with one attached hydrogen (secondary N) is 1. The molecular formula is C30H39ClN4O3.